The second-order valence-corrected chi connectivity index (χ2v) is 5.43. The van der Waals surface area contributed by atoms with Crippen molar-refractivity contribution in [2.75, 3.05) is 0 Å². The van der Waals surface area contributed by atoms with Crippen LogP contribution in [0.1, 0.15) is 59.3 Å². The average Bonchev–Trinajstić information content (AvgIpc) is 1.99. The van der Waals surface area contributed by atoms with Crippen LogP contribution in [0.2, 0.25) is 0 Å². The van der Waals surface area contributed by atoms with Crippen LogP contribution < -0.4 is 0 Å². The van der Waals surface area contributed by atoms with Gasteiger partial charge in [0.1, 0.15) is 0 Å². The minimum absolute atomic E-state index is 0.361. The first-order chi connectivity index (χ1) is 5.99. The molecule has 0 aromatic heterocycles. The van der Waals surface area contributed by atoms with Gasteiger partial charge in [-0.15, -0.1) is 0 Å². The summed E-state index contributed by atoms with van der Waals surface area (Å²) in [5, 5.41) is 9.91. The molecular formula is C12H24O. The summed E-state index contributed by atoms with van der Waals surface area (Å²) in [4.78, 5) is 0. The van der Waals surface area contributed by atoms with Gasteiger partial charge in [-0.25, -0.2) is 0 Å². The molecule has 2 unspecified atom stereocenters. The Kier molecular flexibility index (Phi) is 3.78. The second kappa shape index (κ2) is 4.45. The second-order valence-electron chi connectivity index (χ2n) is 5.43. The Bertz CT molecular complexity index is 149. The molecule has 0 radical (unpaired) electrons. The van der Waals surface area contributed by atoms with Crippen LogP contribution in [0.15, 0.2) is 0 Å². The van der Waals surface area contributed by atoms with Gasteiger partial charge in [-0.1, -0.05) is 39.5 Å². The van der Waals surface area contributed by atoms with E-state index in [1.165, 1.54) is 25.7 Å². The Hall–Kier alpha value is -0.0400. The SMILES string of the molecule is CC(C)CCC1CCCC(C)(O)C1. The third kappa shape index (κ3) is 4.12. The largest absolute Gasteiger partial charge is 0.390 e. The Morgan fingerprint density at radius 3 is 2.69 bits per heavy atom. The minimum Gasteiger partial charge on any atom is -0.390 e. The average molecular weight is 184 g/mol. The first-order valence-corrected chi connectivity index (χ1v) is 5.72. The van der Waals surface area contributed by atoms with Crippen molar-refractivity contribution in [3.63, 3.8) is 0 Å². The van der Waals surface area contributed by atoms with Crippen LogP contribution in [-0.2, 0) is 0 Å². The molecule has 1 nitrogen and oxygen atoms in total. The van der Waals surface area contributed by atoms with Crippen molar-refractivity contribution >= 4 is 0 Å². The lowest BCUT2D eigenvalue weighted by molar-refractivity contribution is -0.00134. The fraction of sp³-hybridized carbons (Fsp3) is 1.00. The van der Waals surface area contributed by atoms with Crippen LogP contribution in [0, 0.1) is 11.8 Å². The van der Waals surface area contributed by atoms with Gasteiger partial charge in [-0.2, -0.15) is 0 Å². The van der Waals surface area contributed by atoms with E-state index in [-0.39, 0.29) is 5.60 Å². The van der Waals surface area contributed by atoms with E-state index in [0.29, 0.717) is 0 Å². The van der Waals surface area contributed by atoms with Crippen molar-refractivity contribution in [2.45, 2.75) is 64.9 Å². The standard InChI is InChI=1S/C12H24O/c1-10(2)6-7-11-5-4-8-12(3,13)9-11/h10-11,13H,4-9H2,1-3H3. The summed E-state index contributed by atoms with van der Waals surface area (Å²) >= 11 is 0. The molecule has 0 saturated heterocycles. The van der Waals surface area contributed by atoms with Gasteiger partial charge in [0.2, 0.25) is 0 Å². The lowest BCUT2D eigenvalue weighted by Gasteiger charge is -2.34. The van der Waals surface area contributed by atoms with Crippen LogP contribution in [0.25, 0.3) is 0 Å². The highest BCUT2D eigenvalue weighted by Crippen LogP contribution is 2.34. The molecule has 1 aliphatic rings. The molecule has 1 aliphatic carbocycles. The normalized spacial score (nSPS) is 35.3. The van der Waals surface area contributed by atoms with Crippen LogP contribution in [0.5, 0.6) is 0 Å². The van der Waals surface area contributed by atoms with Crippen LogP contribution >= 0.6 is 0 Å². The molecule has 0 heterocycles. The van der Waals surface area contributed by atoms with Crippen molar-refractivity contribution in [3.05, 3.63) is 0 Å². The molecule has 0 aromatic carbocycles. The van der Waals surface area contributed by atoms with Crippen molar-refractivity contribution in [2.24, 2.45) is 11.8 Å². The third-order valence-electron chi connectivity index (χ3n) is 3.21. The highest BCUT2D eigenvalue weighted by molar-refractivity contribution is 4.82. The predicted octanol–water partition coefficient (Wildman–Crippen LogP) is 3.36. The maximum absolute atomic E-state index is 9.91. The van der Waals surface area contributed by atoms with E-state index in [2.05, 4.69) is 13.8 Å². The highest BCUT2D eigenvalue weighted by Gasteiger charge is 2.29. The van der Waals surface area contributed by atoms with Gasteiger partial charge in [0, 0.05) is 0 Å². The zero-order valence-electron chi connectivity index (χ0n) is 9.34. The molecule has 1 N–H and O–H groups in total. The van der Waals surface area contributed by atoms with Gasteiger partial charge in [0.15, 0.2) is 0 Å². The predicted molar refractivity (Wildman–Crippen MR) is 56.7 cm³/mol. The number of hydrogen-bond donors (Lipinski definition) is 1. The van der Waals surface area contributed by atoms with Crippen molar-refractivity contribution in [1.82, 2.24) is 0 Å². The summed E-state index contributed by atoms with van der Waals surface area (Å²) in [5.41, 5.74) is -0.361. The summed E-state index contributed by atoms with van der Waals surface area (Å²) in [6.45, 7) is 6.55. The van der Waals surface area contributed by atoms with E-state index in [0.717, 1.165) is 24.7 Å². The molecule has 0 aromatic rings. The van der Waals surface area contributed by atoms with Crippen LogP contribution in [-0.4, -0.2) is 10.7 Å². The van der Waals surface area contributed by atoms with Gasteiger partial charge in [-0.3, -0.25) is 0 Å². The van der Waals surface area contributed by atoms with E-state index >= 15 is 0 Å². The summed E-state index contributed by atoms with van der Waals surface area (Å²) < 4.78 is 0. The summed E-state index contributed by atoms with van der Waals surface area (Å²) in [6.07, 6.45) is 7.22. The van der Waals surface area contributed by atoms with Crippen LogP contribution in [0.3, 0.4) is 0 Å². The Morgan fingerprint density at radius 1 is 1.46 bits per heavy atom. The fourth-order valence-corrected chi connectivity index (χ4v) is 2.41. The Morgan fingerprint density at radius 2 is 2.15 bits per heavy atom. The fourth-order valence-electron chi connectivity index (χ4n) is 2.41. The van der Waals surface area contributed by atoms with E-state index in [1.807, 2.05) is 6.92 Å². The van der Waals surface area contributed by atoms with Gasteiger partial charge >= 0.3 is 0 Å². The van der Waals surface area contributed by atoms with Gasteiger partial charge in [-0.05, 0) is 31.6 Å². The van der Waals surface area contributed by atoms with Crippen molar-refractivity contribution < 1.29 is 5.11 Å². The van der Waals surface area contributed by atoms with Gasteiger partial charge in [0.25, 0.3) is 0 Å². The van der Waals surface area contributed by atoms with Crippen LogP contribution in [0.4, 0.5) is 0 Å². The Balaban J connectivity index is 2.26. The molecule has 0 spiro atoms. The molecule has 1 fully saturated rings. The first kappa shape index (κ1) is 11.0. The smallest absolute Gasteiger partial charge is 0.0622 e. The molecule has 0 bridgehead atoms. The topological polar surface area (TPSA) is 20.2 Å². The maximum atomic E-state index is 9.91. The molecule has 0 amide bonds. The number of hydrogen-bond acceptors (Lipinski definition) is 1. The van der Waals surface area contributed by atoms with Crippen molar-refractivity contribution in [3.8, 4) is 0 Å². The summed E-state index contributed by atoms with van der Waals surface area (Å²) in [6, 6.07) is 0. The van der Waals surface area contributed by atoms with Crippen molar-refractivity contribution in [1.29, 1.82) is 0 Å². The molecule has 1 saturated carbocycles. The highest BCUT2D eigenvalue weighted by atomic mass is 16.3. The summed E-state index contributed by atoms with van der Waals surface area (Å²) in [5.74, 6) is 1.60. The molecule has 2 atom stereocenters. The number of rotatable bonds is 3. The first-order valence-electron chi connectivity index (χ1n) is 5.72. The minimum atomic E-state index is -0.361. The summed E-state index contributed by atoms with van der Waals surface area (Å²) in [7, 11) is 0. The lowest BCUT2D eigenvalue weighted by atomic mass is 9.77. The molecule has 1 heteroatoms. The molecule has 0 aliphatic heterocycles. The van der Waals surface area contributed by atoms with Gasteiger partial charge in [0.05, 0.1) is 5.60 Å². The van der Waals surface area contributed by atoms with Gasteiger partial charge < -0.3 is 5.11 Å². The number of aliphatic hydroxyl groups is 1. The lowest BCUT2D eigenvalue weighted by Crippen LogP contribution is -2.31. The quantitative estimate of drug-likeness (QED) is 0.713. The molecular weight excluding hydrogens is 160 g/mol. The Labute approximate surface area is 82.5 Å². The molecule has 13 heavy (non-hydrogen) atoms. The zero-order valence-corrected chi connectivity index (χ0v) is 9.34. The third-order valence-corrected chi connectivity index (χ3v) is 3.21. The monoisotopic (exact) mass is 184 g/mol. The maximum Gasteiger partial charge on any atom is 0.0622 e. The van der Waals surface area contributed by atoms with E-state index < -0.39 is 0 Å². The molecule has 1 rings (SSSR count). The molecule has 78 valence electrons. The van der Waals surface area contributed by atoms with E-state index in [1.54, 1.807) is 0 Å². The van der Waals surface area contributed by atoms with E-state index in [4.69, 9.17) is 0 Å². The van der Waals surface area contributed by atoms with E-state index in [9.17, 15) is 5.11 Å². The zero-order chi connectivity index (χ0) is 9.90.